The van der Waals surface area contributed by atoms with Crippen LogP contribution < -0.4 is 0 Å². The van der Waals surface area contributed by atoms with Crippen LogP contribution in [-0.2, 0) is 0 Å². The standard InChI is InChI=1S/C14H10N2O2S/c1-10-8-11(9-15)6-7-13(10)19-14-5-3-2-4-12(14)16(17)18/h2-8H,1H3. The molecule has 2 rings (SSSR count). The summed E-state index contributed by atoms with van der Waals surface area (Å²) in [6, 6.07) is 14.0. The van der Waals surface area contributed by atoms with E-state index in [9.17, 15) is 10.1 Å². The molecular weight excluding hydrogens is 260 g/mol. The van der Waals surface area contributed by atoms with Gasteiger partial charge in [-0.3, -0.25) is 10.1 Å². The fraction of sp³-hybridized carbons (Fsp3) is 0.0714. The fourth-order valence-electron chi connectivity index (χ4n) is 1.65. The molecule has 0 aliphatic rings. The largest absolute Gasteiger partial charge is 0.283 e. The Hall–Kier alpha value is -2.32. The van der Waals surface area contributed by atoms with Gasteiger partial charge >= 0.3 is 0 Å². The van der Waals surface area contributed by atoms with Crippen LogP contribution in [0.4, 0.5) is 5.69 Å². The number of hydrogen-bond acceptors (Lipinski definition) is 4. The zero-order valence-corrected chi connectivity index (χ0v) is 11.0. The highest BCUT2D eigenvalue weighted by molar-refractivity contribution is 7.99. The average Bonchev–Trinajstić information content (AvgIpc) is 2.41. The summed E-state index contributed by atoms with van der Waals surface area (Å²) < 4.78 is 0. The first-order valence-electron chi connectivity index (χ1n) is 5.54. The van der Waals surface area contributed by atoms with Gasteiger partial charge in [0, 0.05) is 11.0 Å². The Bertz CT molecular complexity index is 677. The molecule has 5 heteroatoms. The Kier molecular flexibility index (Phi) is 3.83. The molecule has 0 radical (unpaired) electrons. The molecular formula is C14H10N2O2S. The van der Waals surface area contributed by atoms with Crippen LogP contribution in [0.25, 0.3) is 0 Å². The lowest BCUT2D eigenvalue weighted by molar-refractivity contribution is -0.387. The highest BCUT2D eigenvalue weighted by atomic mass is 32.2. The SMILES string of the molecule is Cc1cc(C#N)ccc1Sc1ccccc1[N+](=O)[O-]. The van der Waals surface area contributed by atoms with Crippen LogP contribution in [-0.4, -0.2) is 4.92 Å². The molecule has 0 unspecified atom stereocenters. The molecule has 0 aromatic heterocycles. The van der Waals surface area contributed by atoms with Crippen LogP contribution in [0.2, 0.25) is 0 Å². The van der Waals surface area contributed by atoms with E-state index < -0.39 is 0 Å². The summed E-state index contributed by atoms with van der Waals surface area (Å²) >= 11 is 1.34. The number of aryl methyl sites for hydroxylation is 1. The first-order valence-corrected chi connectivity index (χ1v) is 6.35. The van der Waals surface area contributed by atoms with Gasteiger partial charge < -0.3 is 0 Å². The monoisotopic (exact) mass is 270 g/mol. The van der Waals surface area contributed by atoms with Gasteiger partial charge in [-0.2, -0.15) is 5.26 Å². The Morgan fingerprint density at radius 1 is 1.21 bits per heavy atom. The highest BCUT2D eigenvalue weighted by Gasteiger charge is 2.14. The first kappa shape index (κ1) is 13.1. The van der Waals surface area contributed by atoms with E-state index in [1.165, 1.54) is 17.8 Å². The quantitative estimate of drug-likeness (QED) is 0.626. The number of rotatable bonds is 3. The van der Waals surface area contributed by atoms with E-state index in [4.69, 9.17) is 5.26 Å². The van der Waals surface area contributed by atoms with Crippen LogP contribution in [0.1, 0.15) is 11.1 Å². The fourth-order valence-corrected chi connectivity index (χ4v) is 2.63. The molecule has 94 valence electrons. The van der Waals surface area contributed by atoms with Gasteiger partial charge in [-0.1, -0.05) is 23.9 Å². The maximum Gasteiger partial charge on any atom is 0.283 e. The van der Waals surface area contributed by atoms with Crippen molar-refractivity contribution < 1.29 is 4.92 Å². The lowest BCUT2D eigenvalue weighted by atomic mass is 10.2. The van der Waals surface area contributed by atoms with Crippen molar-refractivity contribution in [3.8, 4) is 6.07 Å². The summed E-state index contributed by atoms with van der Waals surface area (Å²) in [7, 11) is 0. The van der Waals surface area contributed by atoms with Crippen molar-refractivity contribution >= 4 is 17.4 Å². The predicted molar refractivity (Wildman–Crippen MR) is 73.1 cm³/mol. The number of hydrogen-bond donors (Lipinski definition) is 0. The van der Waals surface area contributed by atoms with Crippen LogP contribution >= 0.6 is 11.8 Å². The minimum atomic E-state index is -0.388. The van der Waals surface area contributed by atoms with Gasteiger partial charge in [0.05, 0.1) is 21.5 Å². The van der Waals surface area contributed by atoms with Gasteiger partial charge in [-0.05, 0) is 36.8 Å². The van der Waals surface area contributed by atoms with Gasteiger partial charge in [0.15, 0.2) is 0 Å². The molecule has 0 aliphatic heterocycles. The Labute approximate surface area is 114 Å². The molecule has 0 N–H and O–H groups in total. The number of benzene rings is 2. The minimum Gasteiger partial charge on any atom is -0.258 e. The van der Waals surface area contributed by atoms with Gasteiger partial charge in [0.25, 0.3) is 5.69 Å². The molecule has 0 fully saturated rings. The van der Waals surface area contributed by atoms with Gasteiger partial charge in [0.2, 0.25) is 0 Å². The smallest absolute Gasteiger partial charge is 0.258 e. The van der Waals surface area contributed by atoms with E-state index in [1.54, 1.807) is 30.3 Å². The number of nitro benzene ring substituents is 1. The summed E-state index contributed by atoms with van der Waals surface area (Å²) in [6.07, 6.45) is 0. The summed E-state index contributed by atoms with van der Waals surface area (Å²) in [4.78, 5) is 12.1. The summed E-state index contributed by atoms with van der Waals surface area (Å²) in [5.41, 5.74) is 1.61. The first-order chi connectivity index (χ1) is 9.11. The second-order valence-corrected chi connectivity index (χ2v) is 5.00. The van der Waals surface area contributed by atoms with Gasteiger partial charge in [-0.25, -0.2) is 0 Å². The van der Waals surface area contributed by atoms with E-state index >= 15 is 0 Å². The van der Waals surface area contributed by atoms with Crippen molar-refractivity contribution in [3.63, 3.8) is 0 Å². The van der Waals surface area contributed by atoms with E-state index in [0.29, 0.717) is 10.5 Å². The zero-order chi connectivity index (χ0) is 13.8. The second-order valence-electron chi connectivity index (χ2n) is 3.92. The van der Waals surface area contributed by atoms with E-state index in [0.717, 1.165) is 10.5 Å². The molecule has 0 bridgehead atoms. The van der Waals surface area contributed by atoms with Crippen LogP contribution in [0, 0.1) is 28.4 Å². The molecule has 0 saturated heterocycles. The number of nitrogens with zero attached hydrogens (tertiary/aromatic N) is 2. The van der Waals surface area contributed by atoms with Crippen LogP contribution in [0.5, 0.6) is 0 Å². The van der Waals surface area contributed by atoms with Crippen molar-refractivity contribution in [1.82, 2.24) is 0 Å². The maximum absolute atomic E-state index is 10.9. The Balaban J connectivity index is 2.37. The molecule has 19 heavy (non-hydrogen) atoms. The third kappa shape index (κ3) is 2.92. The molecule has 0 aliphatic carbocycles. The lowest BCUT2D eigenvalue weighted by Gasteiger charge is -2.06. The van der Waals surface area contributed by atoms with E-state index in [2.05, 4.69) is 6.07 Å². The Morgan fingerprint density at radius 2 is 1.95 bits per heavy atom. The number of nitro groups is 1. The molecule has 0 saturated carbocycles. The minimum absolute atomic E-state index is 0.0938. The van der Waals surface area contributed by atoms with Crippen molar-refractivity contribution in [1.29, 1.82) is 5.26 Å². The molecule has 2 aromatic carbocycles. The molecule has 0 heterocycles. The lowest BCUT2D eigenvalue weighted by Crippen LogP contribution is -1.90. The number of para-hydroxylation sites is 1. The average molecular weight is 270 g/mol. The summed E-state index contributed by atoms with van der Waals surface area (Å²) in [6.45, 7) is 1.89. The summed E-state index contributed by atoms with van der Waals surface area (Å²) in [5, 5.41) is 19.8. The molecule has 0 atom stereocenters. The topological polar surface area (TPSA) is 66.9 Å². The highest BCUT2D eigenvalue weighted by Crippen LogP contribution is 2.36. The predicted octanol–water partition coefficient (Wildman–Crippen LogP) is 3.93. The van der Waals surface area contributed by atoms with Crippen molar-refractivity contribution in [2.75, 3.05) is 0 Å². The summed E-state index contributed by atoms with van der Waals surface area (Å²) in [5.74, 6) is 0. The van der Waals surface area contributed by atoms with E-state index in [-0.39, 0.29) is 10.6 Å². The molecule has 4 nitrogen and oxygen atoms in total. The van der Waals surface area contributed by atoms with Gasteiger partial charge in [0.1, 0.15) is 0 Å². The second kappa shape index (κ2) is 5.55. The zero-order valence-electron chi connectivity index (χ0n) is 10.2. The molecule has 0 amide bonds. The third-order valence-electron chi connectivity index (χ3n) is 2.59. The van der Waals surface area contributed by atoms with E-state index in [1.807, 2.05) is 13.0 Å². The third-order valence-corrected chi connectivity index (χ3v) is 3.83. The van der Waals surface area contributed by atoms with Crippen LogP contribution in [0.3, 0.4) is 0 Å². The number of nitriles is 1. The van der Waals surface area contributed by atoms with Crippen LogP contribution in [0.15, 0.2) is 52.3 Å². The van der Waals surface area contributed by atoms with Crippen molar-refractivity contribution in [2.24, 2.45) is 0 Å². The van der Waals surface area contributed by atoms with Gasteiger partial charge in [-0.15, -0.1) is 0 Å². The normalized spacial score (nSPS) is 9.89. The van der Waals surface area contributed by atoms with Crippen molar-refractivity contribution in [2.45, 2.75) is 16.7 Å². The maximum atomic E-state index is 10.9. The molecule has 0 spiro atoms. The van der Waals surface area contributed by atoms with Crippen molar-refractivity contribution in [3.05, 3.63) is 63.7 Å². The Morgan fingerprint density at radius 3 is 2.58 bits per heavy atom. The molecule has 2 aromatic rings.